The molecule has 0 unspecified atom stereocenters. The summed E-state index contributed by atoms with van der Waals surface area (Å²) in [6, 6.07) is 10.0. The maximum Gasteiger partial charge on any atom is 0.433 e. The van der Waals surface area contributed by atoms with Gasteiger partial charge in [0.15, 0.2) is 11.6 Å². The lowest BCUT2D eigenvalue weighted by atomic mass is 10.2. The highest BCUT2D eigenvalue weighted by atomic mass is 35.5. The number of rotatable bonds is 3. The van der Waals surface area contributed by atoms with Gasteiger partial charge in [0.2, 0.25) is 5.16 Å². The van der Waals surface area contributed by atoms with Crippen LogP contribution in [-0.4, -0.2) is 31.3 Å². The molecule has 4 rings (SSSR count). The van der Waals surface area contributed by atoms with E-state index in [0.29, 0.717) is 33.2 Å². The zero-order valence-corrected chi connectivity index (χ0v) is 13.5. The number of thioether (sulfide) groups is 1. The van der Waals surface area contributed by atoms with E-state index in [4.69, 9.17) is 16.0 Å². The Morgan fingerprint density at radius 1 is 1.21 bits per heavy atom. The highest BCUT2D eigenvalue weighted by molar-refractivity contribution is 7.99. The van der Waals surface area contributed by atoms with E-state index in [-0.39, 0.29) is 5.88 Å². The van der Waals surface area contributed by atoms with Gasteiger partial charge < -0.3 is 4.42 Å². The van der Waals surface area contributed by atoms with Crippen LogP contribution in [0.1, 0.15) is 5.76 Å². The largest absolute Gasteiger partial charge is 0.433 e. The smallest absolute Gasteiger partial charge is 0.399 e. The maximum atomic E-state index is 10.8. The van der Waals surface area contributed by atoms with Crippen molar-refractivity contribution in [3.05, 3.63) is 57.3 Å². The van der Waals surface area contributed by atoms with Gasteiger partial charge in [0.25, 0.3) is 0 Å². The number of furan rings is 1. The molecule has 0 spiro atoms. The minimum atomic E-state index is -0.580. The van der Waals surface area contributed by atoms with Gasteiger partial charge in [0.05, 0.1) is 6.07 Å². The molecule has 0 saturated carbocycles. The van der Waals surface area contributed by atoms with Crippen molar-refractivity contribution in [2.75, 3.05) is 5.75 Å². The summed E-state index contributed by atoms with van der Waals surface area (Å²) >= 11 is 7.34. The summed E-state index contributed by atoms with van der Waals surface area (Å²) in [5.41, 5.74) is 1.39. The van der Waals surface area contributed by atoms with Crippen molar-refractivity contribution < 1.29 is 9.34 Å². The van der Waals surface area contributed by atoms with Gasteiger partial charge in [-0.05, 0) is 30.3 Å². The number of hydrogen-bond donors (Lipinski definition) is 0. The van der Waals surface area contributed by atoms with Crippen molar-refractivity contribution >= 4 is 35.0 Å². The third kappa shape index (κ3) is 2.57. The second kappa shape index (κ2) is 5.77. The number of hydrogen-bond acceptors (Lipinski definition) is 7. The fourth-order valence-electron chi connectivity index (χ4n) is 2.21. The molecule has 0 atom stereocenters. The summed E-state index contributed by atoms with van der Waals surface area (Å²) in [7, 11) is 0. The molecule has 1 aliphatic rings. The van der Waals surface area contributed by atoms with Crippen LogP contribution in [0, 0.1) is 10.1 Å². The molecule has 0 aliphatic carbocycles. The standard InChI is InChI=1S/C14H8ClN5O3S/c15-9-3-1-8(2-4-9)13-16-17-14-19(13)18-10(7-24-14)11-5-6-12(23-11)20(21)22/h1-6H,7H2. The number of benzene rings is 1. The third-order valence-corrected chi connectivity index (χ3v) is 4.51. The van der Waals surface area contributed by atoms with Crippen molar-refractivity contribution in [3.8, 4) is 11.4 Å². The SMILES string of the molecule is O=[N+]([O-])c1ccc(C2=Nn3c(nnc3-c3ccc(Cl)cc3)SC2)o1. The normalized spacial score (nSPS) is 13.5. The molecule has 120 valence electrons. The van der Waals surface area contributed by atoms with E-state index in [9.17, 15) is 10.1 Å². The van der Waals surface area contributed by atoms with Crippen LogP contribution in [0.4, 0.5) is 5.88 Å². The molecule has 0 radical (unpaired) electrons. The lowest BCUT2D eigenvalue weighted by molar-refractivity contribution is -0.402. The predicted octanol–water partition coefficient (Wildman–Crippen LogP) is 3.46. The first-order valence-electron chi connectivity index (χ1n) is 6.78. The molecular weight excluding hydrogens is 354 g/mol. The van der Waals surface area contributed by atoms with Crippen LogP contribution in [-0.2, 0) is 0 Å². The van der Waals surface area contributed by atoms with E-state index in [1.54, 1.807) is 16.8 Å². The molecule has 24 heavy (non-hydrogen) atoms. The summed E-state index contributed by atoms with van der Waals surface area (Å²) in [5.74, 6) is 1.09. The topological polar surface area (TPSA) is 99.3 Å². The maximum absolute atomic E-state index is 10.8. The summed E-state index contributed by atoms with van der Waals surface area (Å²) < 4.78 is 6.82. The Labute approximate surface area is 144 Å². The van der Waals surface area contributed by atoms with E-state index in [1.165, 1.54) is 23.9 Å². The Bertz CT molecular complexity index is 963. The average Bonchev–Trinajstić information content (AvgIpc) is 3.22. The number of nitro groups is 1. The van der Waals surface area contributed by atoms with Gasteiger partial charge in [-0.2, -0.15) is 9.78 Å². The van der Waals surface area contributed by atoms with Crippen molar-refractivity contribution in [1.82, 2.24) is 14.9 Å². The van der Waals surface area contributed by atoms with Crippen LogP contribution in [0.15, 0.2) is 51.1 Å². The van der Waals surface area contributed by atoms with Crippen LogP contribution in [0.5, 0.6) is 0 Å². The fraction of sp³-hybridized carbons (Fsp3) is 0.0714. The molecule has 0 amide bonds. The second-order valence-electron chi connectivity index (χ2n) is 4.86. The van der Waals surface area contributed by atoms with E-state index < -0.39 is 4.92 Å². The molecule has 1 aliphatic heterocycles. The zero-order valence-electron chi connectivity index (χ0n) is 11.9. The van der Waals surface area contributed by atoms with Crippen LogP contribution in [0.25, 0.3) is 11.4 Å². The van der Waals surface area contributed by atoms with Crippen molar-refractivity contribution in [2.24, 2.45) is 5.10 Å². The Balaban J connectivity index is 1.75. The summed E-state index contributed by atoms with van der Waals surface area (Å²) in [5, 5.41) is 24.8. The lowest BCUT2D eigenvalue weighted by Gasteiger charge is -2.11. The molecule has 0 bridgehead atoms. The van der Waals surface area contributed by atoms with Crippen molar-refractivity contribution in [1.29, 1.82) is 0 Å². The Morgan fingerprint density at radius 2 is 2.00 bits per heavy atom. The van der Waals surface area contributed by atoms with Crippen LogP contribution in [0.3, 0.4) is 0 Å². The molecule has 0 saturated heterocycles. The quantitative estimate of drug-likeness (QED) is 0.523. The van der Waals surface area contributed by atoms with Crippen LogP contribution < -0.4 is 0 Å². The van der Waals surface area contributed by atoms with E-state index in [1.807, 2.05) is 12.1 Å². The van der Waals surface area contributed by atoms with Gasteiger partial charge in [0, 0.05) is 16.3 Å². The summed E-state index contributed by atoms with van der Waals surface area (Å²) in [6.07, 6.45) is 0. The average molecular weight is 362 g/mol. The number of halogens is 1. The third-order valence-electron chi connectivity index (χ3n) is 3.33. The second-order valence-corrected chi connectivity index (χ2v) is 6.23. The first-order valence-corrected chi connectivity index (χ1v) is 8.15. The van der Waals surface area contributed by atoms with Crippen molar-refractivity contribution in [3.63, 3.8) is 0 Å². The summed E-state index contributed by atoms with van der Waals surface area (Å²) in [4.78, 5) is 10.2. The predicted molar refractivity (Wildman–Crippen MR) is 88.5 cm³/mol. The first-order chi connectivity index (χ1) is 11.6. The number of fused-ring (bicyclic) bond motifs is 1. The highest BCUT2D eigenvalue weighted by Gasteiger charge is 2.23. The van der Waals surface area contributed by atoms with E-state index in [2.05, 4.69) is 15.3 Å². The van der Waals surface area contributed by atoms with Crippen molar-refractivity contribution in [2.45, 2.75) is 5.16 Å². The number of aromatic nitrogens is 3. The highest BCUT2D eigenvalue weighted by Crippen LogP contribution is 2.29. The molecule has 0 fully saturated rings. The fourth-order valence-corrected chi connectivity index (χ4v) is 3.15. The molecule has 3 aromatic rings. The molecule has 3 heterocycles. The molecule has 1 aromatic carbocycles. The molecule has 8 nitrogen and oxygen atoms in total. The first kappa shape index (κ1) is 14.9. The lowest BCUT2D eigenvalue weighted by Crippen LogP contribution is -2.13. The van der Waals surface area contributed by atoms with Gasteiger partial charge in [0.1, 0.15) is 10.6 Å². The minimum Gasteiger partial charge on any atom is -0.399 e. The minimum absolute atomic E-state index is 0.315. The summed E-state index contributed by atoms with van der Waals surface area (Å²) in [6.45, 7) is 0. The van der Waals surface area contributed by atoms with Gasteiger partial charge >= 0.3 is 5.88 Å². The van der Waals surface area contributed by atoms with Gasteiger partial charge in [-0.1, -0.05) is 23.4 Å². The van der Waals surface area contributed by atoms with Gasteiger partial charge in [-0.25, -0.2) is 0 Å². The Kier molecular flexibility index (Phi) is 3.58. The Hall–Kier alpha value is -2.65. The Morgan fingerprint density at radius 3 is 2.71 bits per heavy atom. The molecule has 10 heteroatoms. The molecule has 2 aromatic heterocycles. The zero-order chi connectivity index (χ0) is 16.7. The molecule has 0 N–H and O–H groups in total. The van der Waals surface area contributed by atoms with Gasteiger partial charge in [-0.3, -0.25) is 10.1 Å². The van der Waals surface area contributed by atoms with Crippen LogP contribution in [0.2, 0.25) is 5.02 Å². The van der Waals surface area contributed by atoms with E-state index >= 15 is 0 Å². The van der Waals surface area contributed by atoms with Gasteiger partial charge in [-0.15, -0.1) is 10.2 Å². The van der Waals surface area contributed by atoms with Crippen LogP contribution >= 0.6 is 23.4 Å². The monoisotopic (exact) mass is 361 g/mol. The number of nitrogens with zero attached hydrogens (tertiary/aromatic N) is 5. The van der Waals surface area contributed by atoms with E-state index in [0.717, 1.165) is 5.56 Å². The molecular formula is C14H8ClN5O3S.